The fourth-order valence-electron chi connectivity index (χ4n) is 4.22. The molecule has 0 bridgehead atoms. The van der Waals surface area contributed by atoms with Crippen molar-refractivity contribution in [2.75, 3.05) is 48.4 Å². The minimum absolute atomic E-state index is 0.669. The Morgan fingerprint density at radius 3 is 2.06 bits per heavy atom. The first-order valence-electron chi connectivity index (χ1n) is 11.5. The highest BCUT2D eigenvalue weighted by atomic mass is 16.5. The molecule has 2 aromatic heterocycles. The molecule has 34 heavy (non-hydrogen) atoms. The van der Waals surface area contributed by atoms with Crippen LogP contribution < -0.4 is 19.9 Å². The number of hydrogen-bond acceptors (Lipinski definition) is 8. The van der Waals surface area contributed by atoms with Gasteiger partial charge in [-0.3, -0.25) is 0 Å². The van der Waals surface area contributed by atoms with E-state index in [1.807, 2.05) is 50.2 Å². The topological polar surface area (TPSA) is 79.3 Å². The van der Waals surface area contributed by atoms with Crippen molar-refractivity contribution in [3.8, 4) is 5.75 Å². The number of nitrogens with zero attached hydrogens (tertiary/aromatic N) is 6. The first kappa shape index (κ1) is 21.9. The maximum atomic E-state index is 5.26. The summed E-state index contributed by atoms with van der Waals surface area (Å²) in [5.41, 5.74) is 4.09. The third-order valence-electron chi connectivity index (χ3n) is 6.03. The highest BCUT2D eigenvalue weighted by Gasteiger charge is 2.22. The summed E-state index contributed by atoms with van der Waals surface area (Å²) in [6.45, 7) is 7.97. The van der Waals surface area contributed by atoms with Crippen LogP contribution in [-0.2, 0) is 6.54 Å². The third-order valence-corrected chi connectivity index (χ3v) is 6.03. The van der Waals surface area contributed by atoms with Gasteiger partial charge in [-0.2, -0.15) is 4.98 Å². The van der Waals surface area contributed by atoms with E-state index in [1.165, 1.54) is 0 Å². The maximum absolute atomic E-state index is 5.26. The Kier molecular flexibility index (Phi) is 6.12. The molecule has 0 spiro atoms. The predicted octanol–water partition coefficient (Wildman–Crippen LogP) is 3.98. The molecule has 5 rings (SSSR count). The Hall–Kier alpha value is -3.94. The van der Waals surface area contributed by atoms with Crippen molar-refractivity contribution in [3.05, 3.63) is 71.5 Å². The molecule has 0 amide bonds. The quantitative estimate of drug-likeness (QED) is 0.468. The molecule has 3 heterocycles. The molecule has 2 aromatic carbocycles. The van der Waals surface area contributed by atoms with Crippen molar-refractivity contribution in [1.29, 1.82) is 0 Å². The first-order chi connectivity index (χ1) is 16.6. The van der Waals surface area contributed by atoms with Crippen LogP contribution in [0.15, 0.2) is 54.6 Å². The maximum Gasteiger partial charge on any atom is 0.228 e. The van der Waals surface area contributed by atoms with Gasteiger partial charge in [0, 0.05) is 49.5 Å². The van der Waals surface area contributed by atoms with Gasteiger partial charge >= 0.3 is 0 Å². The zero-order valence-electron chi connectivity index (χ0n) is 19.8. The SMILES string of the molecule is COc1ccc(CNc2nc(N3CCN(c4nc(C)cc(C)n4)CC3)nc3ccccc23)cc1. The molecule has 0 aliphatic carbocycles. The van der Waals surface area contributed by atoms with Gasteiger partial charge in [-0.15, -0.1) is 0 Å². The van der Waals surface area contributed by atoms with Gasteiger partial charge in [0.25, 0.3) is 0 Å². The molecule has 1 saturated heterocycles. The summed E-state index contributed by atoms with van der Waals surface area (Å²) in [4.78, 5) is 23.5. The standard InChI is InChI=1S/C26H29N7O/c1-18-16-19(2)29-25(28-18)32-12-14-33(15-13-32)26-30-23-7-5-4-6-22(23)24(31-26)27-17-20-8-10-21(34-3)11-9-20/h4-11,16H,12-15,17H2,1-3H3,(H,27,30,31). The van der Waals surface area contributed by atoms with E-state index in [0.717, 1.165) is 77.5 Å². The fourth-order valence-corrected chi connectivity index (χ4v) is 4.22. The second-order valence-electron chi connectivity index (χ2n) is 8.52. The molecule has 8 nitrogen and oxygen atoms in total. The van der Waals surface area contributed by atoms with Crippen LogP contribution in [0, 0.1) is 13.8 Å². The molecule has 1 aliphatic rings. The number of nitrogens with one attached hydrogen (secondary N) is 1. The molecule has 174 valence electrons. The number of ether oxygens (including phenoxy) is 1. The summed E-state index contributed by atoms with van der Waals surface area (Å²) >= 11 is 0. The lowest BCUT2D eigenvalue weighted by atomic mass is 10.2. The summed E-state index contributed by atoms with van der Waals surface area (Å²) < 4.78 is 5.26. The van der Waals surface area contributed by atoms with Crippen molar-refractivity contribution in [3.63, 3.8) is 0 Å². The average molecular weight is 456 g/mol. The number of para-hydroxylation sites is 1. The van der Waals surface area contributed by atoms with Gasteiger partial charge in [0.2, 0.25) is 11.9 Å². The van der Waals surface area contributed by atoms with Crippen LogP contribution in [0.4, 0.5) is 17.7 Å². The van der Waals surface area contributed by atoms with Crippen molar-refractivity contribution < 1.29 is 4.74 Å². The number of aryl methyl sites for hydroxylation is 2. The normalized spacial score (nSPS) is 13.9. The van der Waals surface area contributed by atoms with Crippen LogP contribution in [0.1, 0.15) is 17.0 Å². The lowest BCUT2D eigenvalue weighted by molar-refractivity contribution is 0.414. The van der Waals surface area contributed by atoms with Crippen molar-refractivity contribution in [2.24, 2.45) is 0 Å². The van der Waals surface area contributed by atoms with E-state index in [1.54, 1.807) is 7.11 Å². The highest BCUT2D eigenvalue weighted by molar-refractivity contribution is 5.90. The second-order valence-corrected chi connectivity index (χ2v) is 8.52. The van der Waals surface area contributed by atoms with Gasteiger partial charge < -0.3 is 19.9 Å². The van der Waals surface area contributed by atoms with Crippen LogP contribution in [-0.4, -0.2) is 53.2 Å². The zero-order chi connectivity index (χ0) is 23.5. The largest absolute Gasteiger partial charge is 0.497 e. The summed E-state index contributed by atoms with van der Waals surface area (Å²) in [6, 6.07) is 18.2. The van der Waals surface area contributed by atoms with Gasteiger partial charge in [-0.25, -0.2) is 15.0 Å². The third kappa shape index (κ3) is 4.71. The molecule has 0 saturated carbocycles. The first-order valence-corrected chi connectivity index (χ1v) is 11.5. The van der Waals surface area contributed by atoms with E-state index in [-0.39, 0.29) is 0 Å². The van der Waals surface area contributed by atoms with E-state index >= 15 is 0 Å². The van der Waals surface area contributed by atoms with E-state index in [2.05, 4.69) is 43.3 Å². The summed E-state index contributed by atoms with van der Waals surface area (Å²) in [7, 11) is 1.68. The van der Waals surface area contributed by atoms with Crippen LogP contribution in [0.3, 0.4) is 0 Å². The number of benzene rings is 2. The zero-order valence-corrected chi connectivity index (χ0v) is 19.8. The Morgan fingerprint density at radius 2 is 1.41 bits per heavy atom. The van der Waals surface area contributed by atoms with Crippen LogP contribution in [0.2, 0.25) is 0 Å². The monoisotopic (exact) mass is 455 g/mol. The minimum atomic E-state index is 0.669. The van der Waals surface area contributed by atoms with Gasteiger partial charge in [-0.1, -0.05) is 24.3 Å². The molecule has 4 aromatic rings. The van der Waals surface area contributed by atoms with Gasteiger partial charge in [-0.05, 0) is 49.7 Å². The summed E-state index contributed by atoms with van der Waals surface area (Å²) in [6.07, 6.45) is 0. The van der Waals surface area contributed by atoms with Crippen molar-refractivity contribution >= 4 is 28.6 Å². The number of fused-ring (bicyclic) bond motifs is 1. The Labute approximate surface area is 199 Å². The molecule has 0 unspecified atom stereocenters. The number of hydrogen-bond donors (Lipinski definition) is 1. The summed E-state index contributed by atoms with van der Waals surface area (Å²) in [5.74, 6) is 3.25. The molecular weight excluding hydrogens is 426 g/mol. The molecule has 1 aliphatic heterocycles. The smallest absolute Gasteiger partial charge is 0.228 e. The Bertz CT molecular complexity index is 1260. The van der Waals surface area contributed by atoms with Crippen molar-refractivity contribution in [2.45, 2.75) is 20.4 Å². The number of piperazine rings is 1. The Morgan fingerprint density at radius 1 is 0.794 bits per heavy atom. The molecule has 0 atom stereocenters. The van der Waals surface area contributed by atoms with E-state index in [4.69, 9.17) is 14.7 Å². The lowest BCUT2D eigenvalue weighted by Crippen LogP contribution is -2.47. The fraction of sp³-hybridized carbons (Fsp3) is 0.308. The highest BCUT2D eigenvalue weighted by Crippen LogP contribution is 2.25. The molecule has 0 radical (unpaired) electrons. The van der Waals surface area contributed by atoms with Crippen LogP contribution >= 0.6 is 0 Å². The van der Waals surface area contributed by atoms with E-state index in [0.29, 0.717) is 6.54 Å². The van der Waals surface area contributed by atoms with E-state index < -0.39 is 0 Å². The number of anilines is 3. The number of methoxy groups -OCH3 is 1. The molecular formula is C26H29N7O. The number of rotatable bonds is 6. The van der Waals surface area contributed by atoms with Gasteiger partial charge in [0.05, 0.1) is 12.6 Å². The van der Waals surface area contributed by atoms with Crippen molar-refractivity contribution in [1.82, 2.24) is 19.9 Å². The van der Waals surface area contributed by atoms with Crippen LogP contribution in [0.5, 0.6) is 5.75 Å². The van der Waals surface area contributed by atoms with E-state index in [9.17, 15) is 0 Å². The van der Waals surface area contributed by atoms with Crippen LogP contribution in [0.25, 0.3) is 10.9 Å². The van der Waals surface area contributed by atoms with Gasteiger partial charge in [0.1, 0.15) is 11.6 Å². The molecule has 1 N–H and O–H groups in total. The predicted molar refractivity (Wildman–Crippen MR) is 136 cm³/mol. The number of aromatic nitrogens is 4. The Balaban J connectivity index is 1.34. The molecule has 8 heteroatoms. The summed E-state index contributed by atoms with van der Waals surface area (Å²) in [5, 5.41) is 4.53. The molecule has 1 fully saturated rings. The second kappa shape index (κ2) is 9.51. The lowest BCUT2D eigenvalue weighted by Gasteiger charge is -2.35. The van der Waals surface area contributed by atoms with Gasteiger partial charge in [0.15, 0.2) is 0 Å². The minimum Gasteiger partial charge on any atom is -0.497 e. The average Bonchev–Trinajstić information content (AvgIpc) is 2.87.